The number of thioether (sulfide) groups is 1. The lowest BCUT2D eigenvalue weighted by Crippen LogP contribution is -2.37. The van der Waals surface area contributed by atoms with Gasteiger partial charge < -0.3 is 5.32 Å². The third-order valence-corrected chi connectivity index (χ3v) is 3.97. The average Bonchev–Trinajstić information content (AvgIpc) is 2.32. The van der Waals surface area contributed by atoms with Gasteiger partial charge in [-0.2, -0.15) is 0 Å². The number of amides is 3. The Labute approximate surface area is 119 Å². The van der Waals surface area contributed by atoms with Crippen molar-refractivity contribution in [2.24, 2.45) is 0 Å². The zero-order valence-corrected chi connectivity index (χ0v) is 12.0. The molecule has 1 aromatic rings. The van der Waals surface area contributed by atoms with Crippen molar-refractivity contribution < 1.29 is 9.59 Å². The Bertz CT molecular complexity index is 434. The molecule has 98 valence electrons. The predicted molar refractivity (Wildman–Crippen MR) is 74.4 cm³/mol. The fourth-order valence-corrected chi connectivity index (χ4v) is 2.75. The molecule has 0 radical (unpaired) electrons. The van der Waals surface area contributed by atoms with Gasteiger partial charge in [0.15, 0.2) is 0 Å². The molecule has 1 rings (SSSR count). The quantitative estimate of drug-likeness (QED) is 0.841. The summed E-state index contributed by atoms with van der Waals surface area (Å²) in [6, 6.07) is 4.72. The molecule has 7 heteroatoms. The molecule has 0 spiro atoms. The SMILES string of the molecule is CNC(=O)NC(=O)CCSc1c(Cl)cccc1Cl. The van der Waals surface area contributed by atoms with Crippen molar-refractivity contribution in [3.63, 3.8) is 0 Å². The largest absolute Gasteiger partial charge is 0.341 e. The van der Waals surface area contributed by atoms with Crippen molar-refractivity contribution in [3.05, 3.63) is 28.2 Å². The standard InChI is InChI=1S/C11H12Cl2N2O2S/c1-14-11(17)15-9(16)5-6-18-10-7(12)3-2-4-8(10)13/h2-4H,5-6H2,1H3,(H2,14,15,16,17). The molecule has 4 nitrogen and oxygen atoms in total. The van der Waals surface area contributed by atoms with Gasteiger partial charge >= 0.3 is 6.03 Å². The van der Waals surface area contributed by atoms with Crippen LogP contribution >= 0.6 is 35.0 Å². The maximum absolute atomic E-state index is 11.3. The second-order valence-corrected chi connectivity index (χ2v) is 5.20. The Kier molecular flexibility index (Phi) is 6.32. The number of urea groups is 1. The van der Waals surface area contributed by atoms with Crippen molar-refractivity contribution in [3.8, 4) is 0 Å². The molecular weight excluding hydrogens is 295 g/mol. The molecule has 0 aliphatic heterocycles. The smallest absolute Gasteiger partial charge is 0.321 e. The lowest BCUT2D eigenvalue weighted by Gasteiger charge is -2.06. The van der Waals surface area contributed by atoms with E-state index in [0.29, 0.717) is 15.8 Å². The third-order valence-electron chi connectivity index (χ3n) is 1.97. The Morgan fingerprint density at radius 1 is 1.28 bits per heavy atom. The Balaban J connectivity index is 2.42. The van der Waals surface area contributed by atoms with E-state index < -0.39 is 6.03 Å². The third kappa shape index (κ3) is 4.76. The lowest BCUT2D eigenvalue weighted by molar-refractivity contribution is -0.119. The number of hydrogen-bond donors (Lipinski definition) is 2. The highest BCUT2D eigenvalue weighted by Crippen LogP contribution is 2.33. The minimum Gasteiger partial charge on any atom is -0.341 e. The molecule has 3 amide bonds. The van der Waals surface area contributed by atoms with Crippen LogP contribution in [-0.4, -0.2) is 24.7 Å². The van der Waals surface area contributed by atoms with Crippen LogP contribution in [0.2, 0.25) is 10.0 Å². The van der Waals surface area contributed by atoms with Crippen LogP contribution in [0.4, 0.5) is 4.79 Å². The normalized spacial score (nSPS) is 9.94. The second kappa shape index (κ2) is 7.51. The summed E-state index contributed by atoms with van der Waals surface area (Å²) in [5.41, 5.74) is 0. The van der Waals surface area contributed by atoms with Crippen LogP contribution < -0.4 is 10.6 Å². The number of hydrogen-bond acceptors (Lipinski definition) is 3. The van der Waals surface area contributed by atoms with Crippen molar-refractivity contribution >= 4 is 46.9 Å². The van der Waals surface area contributed by atoms with E-state index in [0.717, 1.165) is 4.90 Å². The summed E-state index contributed by atoms with van der Waals surface area (Å²) >= 11 is 13.3. The van der Waals surface area contributed by atoms with Gasteiger partial charge in [0.05, 0.1) is 10.0 Å². The number of nitrogens with one attached hydrogen (secondary N) is 2. The van der Waals surface area contributed by atoms with Crippen LogP contribution in [0.25, 0.3) is 0 Å². The molecule has 1 aromatic carbocycles. The summed E-state index contributed by atoms with van der Waals surface area (Å²) in [7, 11) is 1.45. The summed E-state index contributed by atoms with van der Waals surface area (Å²) in [6.07, 6.45) is 0.208. The van der Waals surface area contributed by atoms with Gasteiger partial charge in [0, 0.05) is 24.1 Å². The molecule has 0 fully saturated rings. The Hall–Kier alpha value is -0.910. The van der Waals surface area contributed by atoms with E-state index in [1.807, 2.05) is 0 Å². The van der Waals surface area contributed by atoms with Crippen LogP contribution in [0.3, 0.4) is 0 Å². The molecule has 0 saturated heterocycles. The predicted octanol–water partition coefficient (Wildman–Crippen LogP) is 2.93. The van der Waals surface area contributed by atoms with E-state index in [1.54, 1.807) is 18.2 Å². The van der Waals surface area contributed by atoms with Crippen molar-refractivity contribution in [1.29, 1.82) is 0 Å². The first kappa shape index (κ1) is 15.1. The average molecular weight is 307 g/mol. The lowest BCUT2D eigenvalue weighted by atomic mass is 10.4. The molecule has 0 heterocycles. The molecule has 0 aliphatic rings. The zero-order chi connectivity index (χ0) is 13.5. The van der Waals surface area contributed by atoms with Gasteiger partial charge in [-0.25, -0.2) is 4.79 Å². The van der Waals surface area contributed by atoms with Gasteiger partial charge in [0.25, 0.3) is 0 Å². The molecule has 2 N–H and O–H groups in total. The highest BCUT2D eigenvalue weighted by molar-refractivity contribution is 7.99. The van der Waals surface area contributed by atoms with Gasteiger partial charge in [-0.05, 0) is 12.1 Å². The van der Waals surface area contributed by atoms with E-state index in [4.69, 9.17) is 23.2 Å². The second-order valence-electron chi connectivity index (χ2n) is 3.28. The summed E-state index contributed by atoms with van der Waals surface area (Å²) < 4.78 is 0. The zero-order valence-electron chi connectivity index (χ0n) is 9.63. The molecule has 0 aromatic heterocycles. The summed E-state index contributed by atoms with van der Waals surface area (Å²) in [4.78, 5) is 22.9. The van der Waals surface area contributed by atoms with E-state index in [9.17, 15) is 9.59 Å². The van der Waals surface area contributed by atoms with Crippen molar-refractivity contribution in [1.82, 2.24) is 10.6 Å². The van der Waals surface area contributed by atoms with Crippen LogP contribution in [-0.2, 0) is 4.79 Å². The molecular formula is C11H12Cl2N2O2S. The van der Waals surface area contributed by atoms with E-state index in [-0.39, 0.29) is 12.3 Å². The number of rotatable bonds is 4. The molecule has 0 saturated carbocycles. The van der Waals surface area contributed by atoms with Gasteiger partial charge in [0.2, 0.25) is 5.91 Å². The minimum atomic E-state index is -0.513. The highest BCUT2D eigenvalue weighted by atomic mass is 35.5. The van der Waals surface area contributed by atoms with Gasteiger partial charge in [-0.3, -0.25) is 10.1 Å². The molecule has 0 aliphatic carbocycles. The van der Waals surface area contributed by atoms with Crippen molar-refractivity contribution in [2.45, 2.75) is 11.3 Å². The Morgan fingerprint density at radius 3 is 2.44 bits per heavy atom. The molecule has 18 heavy (non-hydrogen) atoms. The number of carbonyl (C=O) groups excluding carboxylic acids is 2. The summed E-state index contributed by atoms with van der Waals surface area (Å²) in [5.74, 6) is 0.150. The minimum absolute atomic E-state index is 0.208. The molecule has 0 unspecified atom stereocenters. The first-order valence-electron chi connectivity index (χ1n) is 5.13. The topological polar surface area (TPSA) is 58.2 Å². The number of imide groups is 1. The maximum Gasteiger partial charge on any atom is 0.321 e. The summed E-state index contributed by atoms with van der Waals surface area (Å²) in [5, 5.41) is 5.59. The molecule has 0 atom stereocenters. The number of halogens is 2. The summed E-state index contributed by atoms with van der Waals surface area (Å²) in [6.45, 7) is 0. The van der Waals surface area contributed by atoms with E-state index in [1.165, 1.54) is 18.8 Å². The van der Waals surface area contributed by atoms with E-state index in [2.05, 4.69) is 10.6 Å². The van der Waals surface area contributed by atoms with Crippen molar-refractivity contribution in [2.75, 3.05) is 12.8 Å². The van der Waals surface area contributed by atoms with Crippen LogP contribution in [0, 0.1) is 0 Å². The van der Waals surface area contributed by atoms with Gasteiger partial charge in [-0.15, -0.1) is 11.8 Å². The first-order valence-corrected chi connectivity index (χ1v) is 6.87. The fourth-order valence-electron chi connectivity index (χ4n) is 1.12. The Morgan fingerprint density at radius 2 is 1.89 bits per heavy atom. The highest BCUT2D eigenvalue weighted by Gasteiger charge is 2.09. The monoisotopic (exact) mass is 306 g/mol. The molecule has 0 bridgehead atoms. The first-order chi connectivity index (χ1) is 8.54. The van der Waals surface area contributed by atoms with Crippen LogP contribution in [0.1, 0.15) is 6.42 Å². The van der Waals surface area contributed by atoms with Gasteiger partial charge in [-0.1, -0.05) is 29.3 Å². The van der Waals surface area contributed by atoms with Crippen LogP contribution in [0.15, 0.2) is 23.1 Å². The maximum atomic E-state index is 11.3. The fraction of sp³-hybridized carbons (Fsp3) is 0.273. The van der Waals surface area contributed by atoms with Gasteiger partial charge in [0.1, 0.15) is 0 Å². The van der Waals surface area contributed by atoms with Crippen LogP contribution in [0.5, 0.6) is 0 Å². The number of benzene rings is 1. The number of carbonyl (C=O) groups is 2. The van der Waals surface area contributed by atoms with E-state index >= 15 is 0 Å².